The molecule has 3 rings (SSSR count). The molecule has 3 aromatic rings. The van der Waals surface area contributed by atoms with Crippen molar-refractivity contribution in [2.45, 2.75) is 13.1 Å². The van der Waals surface area contributed by atoms with Crippen LogP contribution in [0, 0.1) is 5.82 Å². The molecule has 1 aromatic carbocycles. The summed E-state index contributed by atoms with van der Waals surface area (Å²) in [5, 5.41) is 8.09. The first kappa shape index (κ1) is 13.4. The summed E-state index contributed by atoms with van der Waals surface area (Å²) in [6.45, 7) is 0.599. The van der Waals surface area contributed by atoms with Crippen molar-refractivity contribution < 1.29 is 13.7 Å². The largest absolute Gasteiger partial charge is 0.493 e. The van der Waals surface area contributed by atoms with Crippen molar-refractivity contribution in [2.24, 2.45) is 5.73 Å². The molecule has 0 saturated heterocycles. The number of hydrogen-bond acceptors (Lipinski definition) is 6. The first-order valence-corrected chi connectivity index (χ1v) is 6.25. The number of nitrogen functional groups attached to an aromatic ring is 1. The molecule has 0 aliphatic heterocycles. The van der Waals surface area contributed by atoms with E-state index in [1.807, 2.05) is 0 Å². The average Bonchev–Trinajstić information content (AvgIpc) is 3.08. The third-order valence-electron chi connectivity index (χ3n) is 3.22. The van der Waals surface area contributed by atoms with Gasteiger partial charge >= 0.3 is 0 Å². The fourth-order valence-electron chi connectivity index (χ4n) is 2.20. The van der Waals surface area contributed by atoms with Crippen LogP contribution in [0.25, 0.3) is 11.0 Å². The van der Waals surface area contributed by atoms with Gasteiger partial charge in [-0.25, -0.2) is 4.39 Å². The van der Waals surface area contributed by atoms with Crippen molar-refractivity contribution in [1.29, 1.82) is 0 Å². The Kier molecular flexibility index (Phi) is 3.22. The Morgan fingerprint density at radius 3 is 2.95 bits per heavy atom. The molecule has 0 amide bonds. The second-order valence-corrected chi connectivity index (χ2v) is 4.57. The highest BCUT2D eigenvalue weighted by Crippen LogP contribution is 2.35. The quantitative estimate of drug-likeness (QED) is 0.749. The number of ether oxygens (including phenoxy) is 1. The van der Waals surface area contributed by atoms with E-state index in [2.05, 4.69) is 10.3 Å². The second-order valence-electron chi connectivity index (χ2n) is 4.57. The van der Waals surface area contributed by atoms with E-state index in [9.17, 15) is 4.39 Å². The van der Waals surface area contributed by atoms with Crippen molar-refractivity contribution in [3.05, 3.63) is 35.4 Å². The summed E-state index contributed by atoms with van der Waals surface area (Å²) in [6, 6.07) is 1.54. The fraction of sp³-hybridized carbons (Fsp3) is 0.231. The number of nitrogens with zero attached hydrogens (tertiary/aromatic N) is 3. The minimum atomic E-state index is -0.510. The topological polar surface area (TPSA) is 105 Å². The van der Waals surface area contributed by atoms with Crippen LogP contribution >= 0.6 is 0 Å². The highest BCUT2D eigenvalue weighted by molar-refractivity contribution is 5.93. The SMILES string of the molecule is COc1c(F)c(Cn2cc(CN)cn2)cc2onc(N)c12. The number of benzene rings is 1. The van der Waals surface area contributed by atoms with E-state index in [4.69, 9.17) is 20.7 Å². The summed E-state index contributed by atoms with van der Waals surface area (Å²) >= 11 is 0. The van der Waals surface area contributed by atoms with Crippen LogP contribution in [0.2, 0.25) is 0 Å². The Morgan fingerprint density at radius 2 is 2.29 bits per heavy atom. The van der Waals surface area contributed by atoms with Gasteiger partial charge in [0.05, 0.1) is 19.9 Å². The summed E-state index contributed by atoms with van der Waals surface area (Å²) < 4.78 is 26.3. The standard InChI is InChI=1S/C13H14FN5O2/c1-20-12-10-9(21-18-13(10)16)2-8(11(12)14)6-19-5-7(3-15)4-17-19/h2,4-5H,3,6,15H2,1H3,(H2,16,18). The smallest absolute Gasteiger partial charge is 0.178 e. The molecule has 0 radical (unpaired) electrons. The maximum absolute atomic E-state index is 14.5. The second kappa shape index (κ2) is 5.06. The Bertz CT molecular complexity index is 795. The molecule has 7 nitrogen and oxygen atoms in total. The molecule has 0 aliphatic carbocycles. The molecule has 0 fully saturated rings. The monoisotopic (exact) mass is 291 g/mol. The molecular formula is C13H14FN5O2. The minimum absolute atomic E-state index is 0.0208. The first-order valence-electron chi connectivity index (χ1n) is 6.25. The van der Waals surface area contributed by atoms with E-state index < -0.39 is 5.82 Å². The summed E-state index contributed by atoms with van der Waals surface area (Å²) in [7, 11) is 1.37. The first-order chi connectivity index (χ1) is 10.1. The van der Waals surface area contributed by atoms with Crippen molar-refractivity contribution >= 4 is 16.8 Å². The molecule has 0 saturated carbocycles. The lowest BCUT2D eigenvalue weighted by Crippen LogP contribution is -2.04. The van der Waals surface area contributed by atoms with Gasteiger partial charge in [-0.2, -0.15) is 5.10 Å². The van der Waals surface area contributed by atoms with Gasteiger partial charge in [0.25, 0.3) is 0 Å². The zero-order valence-electron chi connectivity index (χ0n) is 11.3. The third kappa shape index (κ3) is 2.19. The van der Waals surface area contributed by atoms with Crippen LogP contribution in [0.4, 0.5) is 10.2 Å². The van der Waals surface area contributed by atoms with Crippen molar-refractivity contribution in [3.63, 3.8) is 0 Å². The molecule has 4 N–H and O–H groups in total. The Labute approximate surface area is 119 Å². The lowest BCUT2D eigenvalue weighted by molar-refractivity contribution is 0.388. The van der Waals surface area contributed by atoms with E-state index >= 15 is 0 Å². The number of fused-ring (bicyclic) bond motifs is 1. The van der Waals surface area contributed by atoms with Gasteiger partial charge in [-0.3, -0.25) is 4.68 Å². The Balaban J connectivity index is 2.08. The third-order valence-corrected chi connectivity index (χ3v) is 3.22. The molecule has 8 heteroatoms. The van der Waals surface area contributed by atoms with Gasteiger partial charge in [-0.05, 0) is 6.07 Å². The maximum atomic E-state index is 14.5. The number of nitrogens with two attached hydrogens (primary N) is 2. The van der Waals surface area contributed by atoms with E-state index in [0.29, 0.717) is 23.1 Å². The van der Waals surface area contributed by atoms with Gasteiger partial charge in [0.1, 0.15) is 5.39 Å². The molecule has 2 aromatic heterocycles. The van der Waals surface area contributed by atoms with Gasteiger partial charge in [-0.1, -0.05) is 5.16 Å². The van der Waals surface area contributed by atoms with Crippen LogP contribution < -0.4 is 16.2 Å². The summed E-state index contributed by atoms with van der Waals surface area (Å²) in [5.41, 5.74) is 12.8. The number of anilines is 1. The van der Waals surface area contributed by atoms with E-state index in [-0.39, 0.29) is 18.1 Å². The van der Waals surface area contributed by atoms with E-state index in [1.165, 1.54) is 7.11 Å². The zero-order valence-corrected chi connectivity index (χ0v) is 11.3. The maximum Gasteiger partial charge on any atom is 0.178 e. The Morgan fingerprint density at radius 1 is 1.48 bits per heavy atom. The summed E-state index contributed by atoms with van der Waals surface area (Å²) in [6.07, 6.45) is 3.39. The molecule has 0 bridgehead atoms. The molecule has 110 valence electrons. The van der Waals surface area contributed by atoms with Gasteiger partial charge in [0.2, 0.25) is 0 Å². The van der Waals surface area contributed by atoms with Crippen LogP contribution in [0.15, 0.2) is 23.0 Å². The summed E-state index contributed by atoms with van der Waals surface area (Å²) in [5.74, 6) is -0.394. The molecule has 0 unspecified atom stereocenters. The lowest BCUT2D eigenvalue weighted by Gasteiger charge is -2.08. The van der Waals surface area contributed by atoms with Gasteiger partial charge in [0, 0.05) is 23.9 Å². The summed E-state index contributed by atoms with van der Waals surface area (Å²) in [4.78, 5) is 0. The molecule has 21 heavy (non-hydrogen) atoms. The number of aromatic nitrogens is 3. The predicted octanol–water partition coefficient (Wildman–Crippen LogP) is 1.26. The van der Waals surface area contributed by atoms with Crippen LogP contribution in [-0.2, 0) is 13.1 Å². The highest BCUT2D eigenvalue weighted by Gasteiger charge is 2.20. The van der Waals surface area contributed by atoms with Crippen LogP contribution in [-0.4, -0.2) is 22.0 Å². The van der Waals surface area contributed by atoms with Crippen LogP contribution in [0.5, 0.6) is 5.75 Å². The average molecular weight is 291 g/mol. The lowest BCUT2D eigenvalue weighted by atomic mass is 10.1. The van der Waals surface area contributed by atoms with Gasteiger partial charge in [0.15, 0.2) is 23.0 Å². The van der Waals surface area contributed by atoms with Crippen molar-refractivity contribution in [3.8, 4) is 5.75 Å². The molecule has 0 aliphatic rings. The molecule has 0 spiro atoms. The van der Waals surface area contributed by atoms with Crippen LogP contribution in [0.1, 0.15) is 11.1 Å². The molecule has 2 heterocycles. The zero-order chi connectivity index (χ0) is 15.0. The number of rotatable bonds is 4. The van der Waals surface area contributed by atoms with Gasteiger partial charge in [-0.15, -0.1) is 0 Å². The van der Waals surface area contributed by atoms with Gasteiger partial charge < -0.3 is 20.7 Å². The normalized spacial score (nSPS) is 11.2. The Hall–Kier alpha value is -2.61. The van der Waals surface area contributed by atoms with Crippen molar-refractivity contribution in [2.75, 3.05) is 12.8 Å². The van der Waals surface area contributed by atoms with Crippen LogP contribution in [0.3, 0.4) is 0 Å². The number of methoxy groups -OCH3 is 1. The number of halogens is 1. The molecular weight excluding hydrogens is 277 g/mol. The van der Waals surface area contributed by atoms with E-state index in [0.717, 1.165) is 5.56 Å². The highest BCUT2D eigenvalue weighted by atomic mass is 19.1. The van der Waals surface area contributed by atoms with Crippen molar-refractivity contribution in [1.82, 2.24) is 14.9 Å². The predicted molar refractivity (Wildman–Crippen MR) is 74.2 cm³/mol. The minimum Gasteiger partial charge on any atom is -0.493 e. The molecule has 0 atom stereocenters. The van der Waals surface area contributed by atoms with E-state index in [1.54, 1.807) is 23.1 Å². The number of hydrogen-bond donors (Lipinski definition) is 2. The fourth-order valence-corrected chi connectivity index (χ4v) is 2.20.